The lowest BCUT2D eigenvalue weighted by Crippen LogP contribution is -2.12. The molecule has 100 valence electrons. The highest BCUT2D eigenvalue weighted by molar-refractivity contribution is 9.13. The summed E-state index contributed by atoms with van der Waals surface area (Å²) in [7, 11) is 0. The SMILES string of the molecule is Cc1ccc(CNCc2ccc(Br)c(Br)c2)cc1F. The van der Waals surface area contributed by atoms with E-state index in [1.165, 1.54) is 5.56 Å². The summed E-state index contributed by atoms with van der Waals surface area (Å²) in [6, 6.07) is 11.5. The maximum absolute atomic E-state index is 13.4. The first kappa shape index (κ1) is 14.7. The monoisotopic (exact) mass is 385 g/mol. The molecule has 2 rings (SSSR count). The molecule has 0 aliphatic carbocycles. The van der Waals surface area contributed by atoms with Crippen LogP contribution in [0.25, 0.3) is 0 Å². The lowest BCUT2D eigenvalue weighted by molar-refractivity contribution is 0.611. The van der Waals surface area contributed by atoms with Gasteiger partial charge in [-0.2, -0.15) is 0 Å². The van der Waals surface area contributed by atoms with Crippen LogP contribution in [0.1, 0.15) is 16.7 Å². The second-order valence-electron chi connectivity index (χ2n) is 4.44. The number of hydrogen-bond donors (Lipinski definition) is 1. The Bertz CT molecular complexity index is 533. The van der Waals surface area contributed by atoms with Crippen molar-refractivity contribution in [3.63, 3.8) is 0 Å². The Morgan fingerprint density at radius 2 is 1.58 bits per heavy atom. The standard InChI is InChI=1S/C15H14Br2FN/c1-10-2-3-12(7-15(10)18)9-19-8-11-4-5-13(16)14(17)6-11/h2-7,19H,8-9H2,1H3. The van der Waals surface area contributed by atoms with Crippen LogP contribution in [0.2, 0.25) is 0 Å². The van der Waals surface area contributed by atoms with Crippen LogP contribution in [-0.4, -0.2) is 0 Å². The maximum Gasteiger partial charge on any atom is 0.126 e. The van der Waals surface area contributed by atoms with E-state index in [1.807, 2.05) is 18.2 Å². The number of rotatable bonds is 4. The van der Waals surface area contributed by atoms with Crippen molar-refractivity contribution >= 4 is 31.9 Å². The molecule has 4 heteroatoms. The van der Waals surface area contributed by atoms with Gasteiger partial charge in [-0.25, -0.2) is 4.39 Å². The predicted octanol–water partition coefficient (Wildman–Crippen LogP) is 4.95. The lowest BCUT2D eigenvalue weighted by Gasteiger charge is -2.07. The van der Waals surface area contributed by atoms with Gasteiger partial charge in [-0.05, 0) is 73.7 Å². The van der Waals surface area contributed by atoms with Gasteiger partial charge in [0.05, 0.1) is 0 Å². The van der Waals surface area contributed by atoms with Gasteiger partial charge < -0.3 is 5.32 Å². The zero-order valence-electron chi connectivity index (χ0n) is 10.5. The number of benzene rings is 2. The van der Waals surface area contributed by atoms with E-state index in [0.717, 1.165) is 21.1 Å². The van der Waals surface area contributed by atoms with Crippen molar-refractivity contribution in [3.8, 4) is 0 Å². The Morgan fingerprint density at radius 1 is 0.947 bits per heavy atom. The third-order valence-electron chi connectivity index (χ3n) is 2.88. The van der Waals surface area contributed by atoms with E-state index in [-0.39, 0.29) is 5.82 Å². The van der Waals surface area contributed by atoms with Crippen molar-refractivity contribution in [2.24, 2.45) is 0 Å². The summed E-state index contributed by atoms with van der Waals surface area (Å²) >= 11 is 6.92. The lowest BCUT2D eigenvalue weighted by atomic mass is 10.1. The Labute approximate surface area is 129 Å². The van der Waals surface area contributed by atoms with Crippen LogP contribution in [0.4, 0.5) is 4.39 Å². The molecule has 0 aliphatic heterocycles. The predicted molar refractivity (Wildman–Crippen MR) is 83.5 cm³/mol. The van der Waals surface area contributed by atoms with Crippen LogP contribution in [-0.2, 0) is 13.1 Å². The van der Waals surface area contributed by atoms with E-state index in [9.17, 15) is 4.39 Å². The molecule has 0 aromatic heterocycles. The van der Waals surface area contributed by atoms with Gasteiger partial charge in [-0.1, -0.05) is 18.2 Å². The third kappa shape index (κ3) is 4.13. The zero-order chi connectivity index (χ0) is 13.8. The van der Waals surface area contributed by atoms with Crippen LogP contribution in [0.5, 0.6) is 0 Å². The van der Waals surface area contributed by atoms with Gasteiger partial charge in [0.15, 0.2) is 0 Å². The van der Waals surface area contributed by atoms with Crippen molar-refractivity contribution < 1.29 is 4.39 Å². The molecule has 19 heavy (non-hydrogen) atoms. The largest absolute Gasteiger partial charge is 0.309 e. The van der Waals surface area contributed by atoms with Crippen LogP contribution in [0.3, 0.4) is 0 Å². The topological polar surface area (TPSA) is 12.0 Å². The summed E-state index contributed by atoms with van der Waals surface area (Å²) in [5.41, 5.74) is 2.82. The second-order valence-corrected chi connectivity index (χ2v) is 6.14. The molecule has 0 fully saturated rings. The quantitative estimate of drug-likeness (QED) is 0.783. The molecule has 0 bridgehead atoms. The molecular formula is C15H14Br2FN. The van der Waals surface area contributed by atoms with Gasteiger partial charge in [0, 0.05) is 22.0 Å². The highest BCUT2D eigenvalue weighted by atomic mass is 79.9. The summed E-state index contributed by atoms with van der Waals surface area (Å²) in [5, 5.41) is 3.31. The van der Waals surface area contributed by atoms with Crippen LogP contribution in [0.15, 0.2) is 45.3 Å². The average Bonchev–Trinajstić information content (AvgIpc) is 2.38. The molecule has 0 atom stereocenters. The Hall–Kier alpha value is -0.710. The van der Waals surface area contributed by atoms with Gasteiger partial charge in [0.25, 0.3) is 0 Å². The highest BCUT2D eigenvalue weighted by Gasteiger charge is 2.01. The molecule has 1 N–H and O–H groups in total. The fourth-order valence-corrected chi connectivity index (χ4v) is 2.42. The minimum atomic E-state index is -0.148. The van der Waals surface area contributed by atoms with Gasteiger partial charge in [-0.3, -0.25) is 0 Å². The molecule has 0 saturated heterocycles. The van der Waals surface area contributed by atoms with Gasteiger partial charge in [-0.15, -0.1) is 0 Å². The number of halogens is 3. The molecule has 0 aliphatic rings. The smallest absolute Gasteiger partial charge is 0.126 e. The van der Waals surface area contributed by atoms with E-state index in [4.69, 9.17) is 0 Å². The molecule has 2 aromatic carbocycles. The van der Waals surface area contributed by atoms with Crippen LogP contribution in [0, 0.1) is 12.7 Å². The molecule has 0 unspecified atom stereocenters. The van der Waals surface area contributed by atoms with Crippen molar-refractivity contribution in [2.45, 2.75) is 20.0 Å². The van der Waals surface area contributed by atoms with Crippen molar-refractivity contribution in [1.82, 2.24) is 5.32 Å². The normalized spacial score (nSPS) is 10.7. The molecule has 0 radical (unpaired) electrons. The zero-order valence-corrected chi connectivity index (χ0v) is 13.7. The second kappa shape index (κ2) is 6.64. The minimum Gasteiger partial charge on any atom is -0.309 e. The van der Waals surface area contributed by atoms with Crippen molar-refractivity contribution in [2.75, 3.05) is 0 Å². The van der Waals surface area contributed by atoms with E-state index in [2.05, 4.69) is 49.3 Å². The molecule has 0 heterocycles. The minimum absolute atomic E-state index is 0.148. The summed E-state index contributed by atoms with van der Waals surface area (Å²) in [6.07, 6.45) is 0. The van der Waals surface area contributed by atoms with E-state index < -0.39 is 0 Å². The molecule has 2 aromatic rings. The van der Waals surface area contributed by atoms with Crippen molar-refractivity contribution in [3.05, 3.63) is 67.9 Å². The summed E-state index contributed by atoms with van der Waals surface area (Å²) in [4.78, 5) is 0. The fourth-order valence-electron chi connectivity index (χ4n) is 1.75. The summed E-state index contributed by atoms with van der Waals surface area (Å²) in [6.45, 7) is 3.18. The Morgan fingerprint density at radius 3 is 2.21 bits per heavy atom. The van der Waals surface area contributed by atoms with E-state index >= 15 is 0 Å². The van der Waals surface area contributed by atoms with Crippen molar-refractivity contribution in [1.29, 1.82) is 0 Å². The number of nitrogens with one attached hydrogen (secondary N) is 1. The maximum atomic E-state index is 13.4. The van der Waals surface area contributed by atoms with Gasteiger partial charge in [0.2, 0.25) is 0 Å². The van der Waals surface area contributed by atoms with Crippen LogP contribution >= 0.6 is 31.9 Å². The molecule has 0 saturated carbocycles. The molecule has 0 amide bonds. The fraction of sp³-hybridized carbons (Fsp3) is 0.200. The van der Waals surface area contributed by atoms with E-state index in [1.54, 1.807) is 13.0 Å². The highest BCUT2D eigenvalue weighted by Crippen LogP contribution is 2.23. The first-order valence-corrected chi connectivity index (χ1v) is 7.54. The Balaban J connectivity index is 1.92. The summed E-state index contributed by atoms with van der Waals surface area (Å²) in [5.74, 6) is -0.148. The van der Waals surface area contributed by atoms with Crippen LogP contribution < -0.4 is 5.32 Å². The van der Waals surface area contributed by atoms with Gasteiger partial charge >= 0.3 is 0 Å². The average molecular weight is 387 g/mol. The molecule has 0 spiro atoms. The third-order valence-corrected chi connectivity index (χ3v) is 4.76. The Kier molecular flexibility index (Phi) is 5.13. The first-order chi connectivity index (χ1) is 9.06. The summed E-state index contributed by atoms with van der Waals surface area (Å²) < 4.78 is 15.5. The molecular weight excluding hydrogens is 373 g/mol. The molecule has 1 nitrogen and oxygen atoms in total. The number of aryl methyl sites for hydroxylation is 1. The first-order valence-electron chi connectivity index (χ1n) is 5.96. The number of hydrogen-bond acceptors (Lipinski definition) is 1. The van der Waals surface area contributed by atoms with Gasteiger partial charge in [0.1, 0.15) is 5.82 Å². The van der Waals surface area contributed by atoms with E-state index in [0.29, 0.717) is 12.1 Å².